The molecule has 1 saturated carbocycles. The van der Waals surface area contributed by atoms with Crippen molar-refractivity contribution in [3.05, 3.63) is 130 Å². The van der Waals surface area contributed by atoms with Gasteiger partial charge in [0.1, 0.15) is 18.4 Å². The number of nitrogens with zero attached hydrogens (tertiary/aromatic N) is 2. The third kappa shape index (κ3) is 8.39. The Labute approximate surface area is 281 Å². The molecule has 246 valence electrons. The number of carbonyl (C=O) groups is 2. The number of carbonyl (C=O) groups excluding carboxylic acids is 2. The number of amides is 2. The number of nitrogens with one attached hydrogen (secondary N) is 1. The molecular weight excluding hydrogens is 637 g/mol. The lowest BCUT2D eigenvalue weighted by atomic mass is 10.0. The van der Waals surface area contributed by atoms with Gasteiger partial charge in [-0.05, 0) is 74.2 Å². The highest BCUT2D eigenvalue weighted by atomic mass is 35.5. The summed E-state index contributed by atoms with van der Waals surface area (Å²) in [6.07, 6.45) is 3.83. The number of benzene rings is 4. The maximum atomic E-state index is 15.1. The van der Waals surface area contributed by atoms with Crippen molar-refractivity contribution in [3.63, 3.8) is 0 Å². The van der Waals surface area contributed by atoms with E-state index in [0.29, 0.717) is 10.6 Å². The summed E-state index contributed by atoms with van der Waals surface area (Å²) in [7, 11) is -4.27. The Morgan fingerprint density at radius 2 is 1.57 bits per heavy atom. The van der Waals surface area contributed by atoms with Crippen LogP contribution >= 0.6 is 11.6 Å². The zero-order valence-electron chi connectivity index (χ0n) is 26.5. The number of hydrogen-bond donors (Lipinski definition) is 1. The molecule has 0 radical (unpaired) electrons. The maximum absolute atomic E-state index is 15.1. The Bertz CT molecular complexity index is 1810. The van der Waals surface area contributed by atoms with Crippen LogP contribution in [-0.4, -0.2) is 43.8 Å². The van der Waals surface area contributed by atoms with Crippen molar-refractivity contribution in [2.24, 2.45) is 0 Å². The van der Waals surface area contributed by atoms with Crippen LogP contribution in [0, 0.1) is 19.7 Å². The molecule has 7 nitrogen and oxygen atoms in total. The first-order valence-corrected chi connectivity index (χ1v) is 17.6. The van der Waals surface area contributed by atoms with Crippen molar-refractivity contribution >= 4 is 39.1 Å². The fourth-order valence-corrected chi connectivity index (χ4v) is 7.69. The fraction of sp³-hybridized carbons (Fsp3) is 0.297. The van der Waals surface area contributed by atoms with Crippen molar-refractivity contribution < 1.29 is 22.4 Å². The lowest BCUT2D eigenvalue weighted by Crippen LogP contribution is -2.54. The SMILES string of the molecule is Cc1ccc(S(=O)(=O)N(CC(=O)N(Cc2ccccc2F)C(Cc2ccccc2)C(=O)NC2CCCC2)c2ccc(Cl)cc2C)cc1. The molecular formula is C37H39ClFN3O4S. The van der Waals surface area contributed by atoms with Gasteiger partial charge in [0.25, 0.3) is 10.0 Å². The lowest BCUT2D eigenvalue weighted by Gasteiger charge is -2.34. The monoisotopic (exact) mass is 675 g/mol. The predicted octanol–water partition coefficient (Wildman–Crippen LogP) is 6.99. The minimum Gasteiger partial charge on any atom is -0.352 e. The molecule has 1 aliphatic rings. The van der Waals surface area contributed by atoms with E-state index in [1.807, 2.05) is 37.3 Å². The molecule has 0 heterocycles. The molecule has 4 aromatic carbocycles. The molecule has 10 heteroatoms. The molecule has 0 saturated heterocycles. The highest BCUT2D eigenvalue weighted by Crippen LogP contribution is 2.30. The fourth-order valence-electron chi connectivity index (χ4n) is 5.98. The van der Waals surface area contributed by atoms with Gasteiger partial charge in [-0.15, -0.1) is 0 Å². The van der Waals surface area contributed by atoms with E-state index in [1.54, 1.807) is 55.5 Å². The van der Waals surface area contributed by atoms with Crippen LogP contribution in [0.2, 0.25) is 5.02 Å². The zero-order valence-corrected chi connectivity index (χ0v) is 28.1. The second kappa shape index (κ2) is 15.1. The Morgan fingerprint density at radius 1 is 0.915 bits per heavy atom. The quantitative estimate of drug-likeness (QED) is 0.175. The zero-order chi connectivity index (χ0) is 33.6. The maximum Gasteiger partial charge on any atom is 0.264 e. The normalized spacial score (nSPS) is 14.0. The van der Waals surface area contributed by atoms with Gasteiger partial charge in [-0.3, -0.25) is 13.9 Å². The van der Waals surface area contributed by atoms with Gasteiger partial charge in [-0.25, -0.2) is 12.8 Å². The molecule has 2 amide bonds. The van der Waals surface area contributed by atoms with Crippen molar-refractivity contribution in [1.82, 2.24) is 10.2 Å². The Kier molecular flexibility index (Phi) is 11.0. The Hall–Kier alpha value is -4.21. The van der Waals surface area contributed by atoms with Crippen LogP contribution in [0.4, 0.5) is 10.1 Å². The van der Waals surface area contributed by atoms with E-state index in [9.17, 15) is 18.0 Å². The number of aryl methyl sites for hydroxylation is 2. The van der Waals surface area contributed by atoms with Crippen molar-refractivity contribution in [2.45, 2.75) is 69.5 Å². The van der Waals surface area contributed by atoms with Gasteiger partial charge in [0.05, 0.1) is 10.6 Å². The molecule has 1 aliphatic carbocycles. The summed E-state index contributed by atoms with van der Waals surface area (Å²) in [5.41, 5.74) is 2.71. The molecule has 5 rings (SSSR count). The molecule has 0 aromatic heterocycles. The van der Waals surface area contributed by atoms with Gasteiger partial charge in [0.2, 0.25) is 11.8 Å². The highest BCUT2D eigenvalue weighted by molar-refractivity contribution is 7.92. The molecule has 0 aliphatic heterocycles. The van der Waals surface area contributed by atoms with Gasteiger partial charge in [0, 0.05) is 29.6 Å². The number of rotatable bonds is 12. The summed E-state index contributed by atoms with van der Waals surface area (Å²) in [6.45, 7) is 2.70. The van der Waals surface area contributed by atoms with Crippen LogP contribution in [0.3, 0.4) is 0 Å². The number of halogens is 2. The summed E-state index contributed by atoms with van der Waals surface area (Å²) >= 11 is 6.23. The first-order chi connectivity index (χ1) is 22.5. The second-order valence-corrected chi connectivity index (χ2v) is 14.4. The van der Waals surface area contributed by atoms with Gasteiger partial charge >= 0.3 is 0 Å². The van der Waals surface area contributed by atoms with E-state index in [2.05, 4.69) is 5.32 Å². The number of hydrogen-bond acceptors (Lipinski definition) is 4. The highest BCUT2D eigenvalue weighted by Gasteiger charge is 2.36. The average Bonchev–Trinajstić information content (AvgIpc) is 3.56. The molecule has 1 unspecified atom stereocenters. The molecule has 1 atom stereocenters. The van der Waals surface area contributed by atoms with Crippen LogP contribution in [0.5, 0.6) is 0 Å². The van der Waals surface area contributed by atoms with E-state index in [1.165, 1.54) is 23.1 Å². The van der Waals surface area contributed by atoms with Crippen molar-refractivity contribution in [1.29, 1.82) is 0 Å². The van der Waals surface area contributed by atoms with E-state index >= 15 is 4.39 Å². The van der Waals surface area contributed by atoms with Crippen LogP contribution in [-0.2, 0) is 32.6 Å². The van der Waals surface area contributed by atoms with E-state index in [0.717, 1.165) is 41.1 Å². The third-order valence-electron chi connectivity index (χ3n) is 8.59. The summed E-state index contributed by atoms with van der Waals surface area (Å²) in [6, 6.07) is 25.4. The van der Waals surface area contributed by atoms with Crippen LogP contribution < -0.4 is 9.62 Å². The standard InChI is InChI=1S/C37H39ClFN3O4S/c1-26-16-19-32(20-17-26)47(45,46)42(34-21-18-30(38)22-27(34)2)25-36(43)41(24-29-12-6-9-15-33(29)39)35(23-28-10-4-3-5-11-28)37(44)40-31-13-7-8-14-31/h3-6,9-12,15-22,31,35H,7-8,13-14,23-25H2,1-2H3,(H,40,44). The summed E-state index contributed by atoms with van der Waals surface area (Å²) in [5.74, 6) is -1.54. The van der Waals surface area contributed by atoms with E-state index in [4.69, 9.17) is 11.6 Å². The molecule has 0 spiro atoms. The predicted molar refractivity (Wildman–Crippen MR) is 183 cm³/mol. The number of sulfonamides is 1. The van der Waals surface area contributed by atoms with Gasteiger partial charge in [-0.1, -0.05) is 90.7 Å². The van der Waals surface area contributed by atoms with Gasteiger partial charge < -0.3 is 10.2 Å². The van der Waals surface area contributed by atoms with Crippen molar-refractivity contribution in [2.75, 3.05) is 10.8 Å². The molecule has 0 bridgehead atoms. The van der Waals surface area contributed by atoms with Gasteiger partial charge in [-0.2, -0.15) is 0 Å². The van der Waals surface area contributed by atoms with E-state index < -0.39 is 34.3 Å². The van der Waals surface area contributed by atoms with Crippen LogP contribution in [0.15, 0.2) is 102 Å². The number of anilines is 1. The summed E-state index contributed by atoms with van der Waals surface area (Å²) in [4.78, 5) is 30.0. The minimum atomic E-state index is -4.27. The van der Waals surface area contributed by atoms with Crippen LogP contribution in [0.25, 0.3) is 0 Å². The van der Waals surface area contributed by atoms with Crippen LogP contribution in [0.1, 0.15) is 47.9 Å². The largest absolute Gasteiger partial charge is 0.352 e. The Morgan fingerprint density at radius 3 is 2.23 bits per heavy atom. The first-order valence-electron chi connectivity index (χ1n) is 15.8. The summed E-state index contributed by atoms with van der Waals surface area (Å²) in [5, 5.41) is 3.54. The molecule has 1 fully saturated rings. The minimum absolute atomic E-state index is 0.00529. The smallest absolute Gasteiger partial charge is 0.264 e. The topological polar surface area (TPSA) is 86.8 Å². The Balaban J connectivity index is 1.59. The first kappa shape index (κ1) is 34.1. The average molecular weight is 676 g/mol. The molecule has 4 aromatic rings. The lowest BCUT2D eigenvalue weighted by molar-refractivity contribution is -0.140. The molecule has 1 N–H and O–H groups in total. The molecule has 47 heavy (non-hydrogen) atoms. The van der Waals surface area contributed by atoms with E-state index in [-0.39, 0.29) is 41.1 Å². The summed E-state index contributed by atoms with van der Waals surface area (Å²) < 4.78 is 44.7. The third-order valence-corrected chi connectivity index (χ3v) is 10.6. The second-order valence-electron chi connectivity index (χ2n) is 12.1. The van der Waals surface area contributed by atoms with Crippen molar-refractivity contribution in [3.8, 4) is 0 Å². The van der Waals surface area contributed by atoms with Gasteiger partial charge in [0.15, 0.2) is 0 Å².